The Hall–Kier alpha value is -3.03. The summed E-state index contributed by atoms with van der Waals surface area (Å²) in [6, 6.07) is 1.94. The number of nitrogens with one attached hydrogen (secondary N) is 1. The molecule has 3 aromatic heterocycles. The second kappa shape index (κ2) is 6.36. The minimum Gasteiger partial charge on any atom is -0.337 e. The van der Waals surface area contributed by atoms with Gasteiger partial charge in [-0.2, -0.15) is 0 Å². The largest absolute Gasteiger partial charge is 0.337 e. The highest BCUT2D eigenvalue weighted by atomic mass is 16.2. The molecule has 0 aromatic carbocycles. The third-order valence-corrected chi connectivity index (χ3v) is 5.11. The van der Waals surface area contributed by atoms with Crippen LogP contribution in [0.4, 0.5) is 0 Å². The van der Waals surface area contributed by atoms with Crippen LogP contribution >= 0.6 is 0 Å². The lowest BCUT2D eigenvalue weighted by Gasteiger charge is -2.31. The van der Waals surface area contributed by atoms with Crippen LogP contribution in [0.5, 0.6) is 0 Å². The normalized spacial score (nSPS) is 15.5. The lowest BCUT2D eigenvalue weighted by Crippen LogP contribution is -2.38. The minimum atomic E-state index is -0.0858. The van der Waals surface area contributed by atoms with E-state index in [1.807, 2.05) is 17.9 Å². The Morgan fingerprint density at radius 2 is 2.00 bits per heavy atom. The predicted molar refractivity (Wildman–Crippen MR) is 95.2 cm³/mol. The van der Waals surface area contributed by atoms with Gasteiger partial charge in [0.2, 0.25) is 0 Å². The first kappa shape index (κ1) is 16.4. The molecule has 0 aliphatic carbocycles. The molecular formula is C18H20N6O2. The van der Waals surface area contributed by atoms with Crippen molar-refractivity contribution in [3.8, 4) is 0 Å². The number of aryl methyl sites for hydroxylation is 1. The van der Waals surface area contributed by atoms with Gasteiger partial charge in [-0.05, 0) is 26.7 Å². The highest BCUT2D eigenvalue weighted by Gasteiger charge is 2.26. The van der Waals surface area contributed by atoms with Gasteiger partial charge >= 0.3 is 0 Å². The molecule has 1 saturated heterocycles. The molecule has 0 atom stereocenters. The van der Waals surface area contributed by atoms with Crippen LogP contribution in [-0.2, 0) is 0 Å². The number of carbonyl (C=O) groups is 1. The Morgan fingerprint density at radius 1 is 1.23 bits per heavy atom. The summed E-state index contributed by atoms with van der Waals surface area (Å²) < 4.78 is 1.51. The molecular weight excluding hydrogens is 332 g/mol. The van der Waals surface area contributed by atoms with Crippen molar-refractivity contribution in [2.75, 3.05) is 13.1 Å². The number of carbonyl (C=O) groups excluding carboxylic acids is 1. The van der Waals surface area contributed by atoms with Crippen LogP contribution in [-0.4, -0.2) is 48.5 Å². The van der Waals surface area contributed by atoms with Crippen molar-refractivity contribution >= 4 is 11.6 Å². The number of fused-ring (bicyclic) bond motifs is 1. The zero-order valence-corrected chi connectivity index (χ0v) is 14.8. The monoisotopic (exact) mass is 352 g/mol. The van der Waals surface area contributed by atoms with Crippen molar-refractivity contribution in [3.05, 3.63) is 57.7 Å². The highest BCUT2D eigenvalue weighted by Crippen LogP contribution is 2.28. The van der Waals surface area contributed by atoms with Gasteiger partial charge in [-0.25, -0.2) is 14.5 Å². The maximum atomic E-state index is 12.5. The molecule has 1 fully saturated rings. The quantitative estimate of drug-likeness (QED) is 0.753. The van der Waals surface area contributed by atoms with Crippen LogP contribution < -0.4 is 5.56 Å². The summed E-state index contributed by atoms with van der Waals surface area (Å²) in [6.45, 7) is 4.93. The first-order valence-electron chi connectivity index (χ1n) is 8.69. The molecule has 1 aliphatic heterocycles. The van der Waals surface area contributed by atoms with Crippen LogP contribution in [0.15, 0.2) is 29.5 Å². The zero-order chi connectivity index (χ0) is 18.3. The first-order valence-corrected chi connectivity index (χ1v) is 8.69. The smallest absolute Gasteiger partial charge is 0.275 e. The molecule has 134 valence electrons. The number of H-pyrrole nitrogens is 1. The lowest BCUT2D eigenvalue weighted by atomic mass is 9.93. The number of rotatable bonds is 2. The zero-order valence-electron chi connectivity index (χ0n) is 14.8. The summed E-state index contributed by atoms with van der Waals surface area (Å²) in [7, 11) is 0. The standard InChI is InChI=1S/C18H20N6O2/c1-11-12(2)21-16-9-14(22-24(16)17(11)25)13-3-7-23(8-4-13)18(26)15-10-19-5-6-20-15/h5-6,9-10,13,22H,3-4,7-8H2,1-2H3. The second-order valence-electron chi connectivity index (χ2n) is 6.69. The van der Waals surface area contributed by atoms with Crippen molar-refractivity contribution in [1.82, 2.24) is 29.5 Å². The van der Waals surface area contributed by atoms with E-state index < -0.39 is 0 Å². The number of aromatic nitrogens is 5. The Kier molecular flexibility index (Phi) is 4.02. The van der Waals surface area contributed by atoms with Gasteiger partial charge in [0.05, 0.1) is 6.20 Å². The van der Waals surface area contributed by atoms with Crippen molar-refractivity contribution in [1.29, 1.82) is 0 Å². The fraction of sp³-hybridized carbons (Fsp3) is 0.389. The molecule has 26 heavy (non-hydrogen) atoms. The van der Waals surface area contributed by atoms with E-state index in [-0.39, 0.29) is 17.4 Å². The lowest BCUT2D eigenvalue weighted by molar-refractivity contribution is 0.0705. The fourth-order valence-corrected chi connectivity index (χ4v) is 3.41. The van der Waals surface area contributed by atoms with E-state index in [1.54, 1.807) is 13.1 Å². The molecule has 8 nitrogen and oxygen atoms in total. The van der Waals surface area contributed by atoms with Crippen LogP contribution in [0.3, 0.4) is 0 Å². The molecule has 1 aliphatic rings. The first-order chi connectivity index (χ1) is 12.5. The summed E-state index contributed by atoms with van der Waals surface area (Å²) in [5, 5.41) is 3.19. The maximum Gasteiger partial charge on any atom is 0.275 e. The molecule has 1 amide bonds. The van der Waals surface area contributed by atoms with E-state index in [0.717, 1.165) is 24.2 Å². The molecule has 8 heteroatoms. The summed E-state index contributed by atoms with van der Waals surface area (Å²) in [5.41, 5.74) is 3.36. The third-order valence-electron chi connectivity index (χ3n) is 5.11. The number of nitrogens with zero attached hydrogens (tertiary/aromatic N) is 5. The number of likely N-dealkylation sites (tertiary alicyclic amines) is 1. The third kappa shape index (κ3) is 2.77. The molecule has 3 aromatic rings. The molecule has 0 radical (unpaired) electrons. The molecule has 1 N–H and O–H groups in total. The topological polar surface area (TPSA) is 96.2 Å². The van der Waals surface area contributed by atoms with Crippen molar-refractivity contribution in [2.45, 2.75) is 32.6 Å². The van der Waals surface area contributed by atoms with E-state index in [4.69, 9.17) is 0 Å². The number of hydrogen-bond acceptors (Lipinski definition) is 5. The summed E-state index contributed by atoms with van der Waals surface area (Å²) in [4.78, 5) is 39.2. The van der Waals surface area contributed by atoms with Gasteiger partial charge in [0.15, 0.2) is 5.65 Å². The highest BCUT2D eigenvalue weighted by molar-refractivity contribution is 5.92. The molecule has 4 heterocycles. The van der Waals surface area contributed by atoms with Crippen LogP contribution in [0.2, 0.25) is 0 Å². The van der Waals surface area contributed by atoms with Gasteiger partial charge < -0.3 is 4.90 Å². The Balaban J connectivity index is 1.52. The molecule has 0 saturated carbocycles. The van der Waals surface area contributed by atoms with E-state index in [0.29, 0.717) is 30.0 Å². The van der Waals surface area contributed by atoms with Gasteiger partial charge in [-0.15, -0.1) is 0 Å². The predicted octanol–water partition coefficient (Wildman–Crippen LogP) is 1.45. The molecule has 0 bridgehead atoms. The van der Waals surface area contributed by atoms with Crippen molar-refractivity contribution in [3.63, 3.8) is 0 Å². The van der Waals surface area contributed by atoms with Crippen molar-refractivity contribution < 1.29 is 4.79 Å². The number of aromatic amines is 1. The average molecular weight is 352 g/mol. The van der Waals surface area contributed by atoms with Crippen molar-refractivity contribution in [2.24, 2.45) is 0 Å². The average Bonchev–Trinajstić information content (AvgIpc) is 3.10. The van der Waals surface area contributed by atoms with Gasteiger partial charge in [-0.3, -0.25) is 19.7 Å². The Bertz CT molecular complexity index is 1020. The number of piperidine rings is 1. The maximum absolute atomic E-state index is 12.5. The second-order valence-corrected chi connectivity index (χ2v) is 6.69. The minimum absolute atomic E-state index is 0.0611. The van der Waals surface area contributed by atoms with Gasteiger partial charge in [0.25, 0.3) is 11.5 Å². The van der Waals surface area contributed by atoms with Crippen LogP contribution in [0.25, 0.3) is 5.65 Å². The number of amides is 1. The van der Waals surface area contributed by atoms with E-state index in [2.05, 4.69) is 20.1 Å². The summed E-state index contributed by atoms with van der Waals surface area (Å²) >= 11 is 0. The van der Waals surface area contributed by atoms with Gasteiger partial charge in [0, 0.05) is 54.4 Å². The van der Waals surface area contributed by atoms with Gasteiger partial charge in [0.1, 0.15) is 5.69 Å². The summed E-state index contributed by atoms with van der Waals surface area (Å²) in [6.07, 6.45) is 6.23. The fourth-order valence-electron chi connectivity index (χ4n) is 3.41. The molecule has 4 rings (SSSR count). The Labute approximate surface area is 149 Å². The Morgan fingerprint density at radius 3 is 2.69 bits per heavy atom. The van der Waals surface area contributed by atoms with Gasteiger partial charge in [-0.1, -0.05) is 0 Å². The molecule has 0 spiro atoms. The SMILES string of the molecule is Cc1nc2cc(C3CCN(C(=O)c4cnccn4)CC3)[nH]n2c(=O)c1C. The van der Waals surface area contributed by atoms with E-state index >= 15 is 0 Å². The number of hydrogen-bond donors (Lipinski definition) is 1. The van der Waals surface area contributed by atoms with Crippen LogP contribution in [0, 0.1) is 13.8 Å². The summed E-state index contributed by atoms with van der Waals surface area (Å²) in [5.74, 6) is 0.181. The van der Waals surface area contributed by atoms with E-state index in [9.17, 15) is 9.59 Å². The van der Waals surface area contributed by atoms with Crippen LogP contribution in [0.1, 0.15) is 46.2 Å². The molecule has 0 unspecified atom stereocenters. The van der Waals surface area contributed by atoms with E-state index in [1.165, 1.54) is 16.9 Å².